The van der Waals surface area contributed by atoms with E-state index in [9.17, 15) is 4.79 Å². The highest BCUT2D eigenvalue weighted by Crippen LogP contribution is 2.31. The van der Waals surface area contributed by atoms with Gasteiger partial charge in [-0.2, -0.15) is 5.26 Å². The van der Waals surface area contributed by atoms with Gasteiger partial charge in [0.05, 0.1) is 22.9 Å². The lowest BCUT2D eigenvalue weighted by Crippen LogP contribution is -2.38. The molecule has 2 heterocycles. The summed E-state index contributed by atoms with van der Waals surface area (Å²) in [5.41, 5.74) is 5.68. The van der Waals surface area contributed by atoms with Gasteiger partial charge in [-0.05, 0) is 54.0 Å². The Labute approximate surface area is 141 Å². The second-order valence-corrected chi connectivity index (χ2v) is 6.51. The number of halogens is 1. The first-order chi connectivity index (χ1) is 10.8. The number of nitrogen functional groups attached to an aromatic ring is 1. The summed E-state index contributed by atoms with van der Waals surface area (Å²) in [6.07, 6.45) is 1.60. The van der Waals surface area contributed by atoms with E-state index in [4.69, 9.17) is 15.7 Å². The van der Waals surface area contributed by atoms with Crippen LogP contribution in [0, 0.1) is 11.3 Å². The van der Waals surface area contributed by atoms with E-state index in [1.165, 1.54) is 10.6 Å². The minimum atomic E-state index is -0.840. The number of aliphatic imine (C=N–C) groups is 1. The summed E-state index contributed by atoms with van der Waals surface area (Å²) in [5.74, 6) is 0.954. The third kappa shape index (κ3) is 2.73. The van der Waals surface area contributed by atoms with Crippen LogP contribution in [0.15, 0.2) is 44.7 Å². The van der Waals surface area contributed by atoms with Crippen molar-refractivity contribution in [3.63, 3.8) is 0 Å². The first-order valence-corrected chi connectivity index (χ1v) is 7.61. The van der Waals surface area contributed by atoms with Gasteiger partial charge in [-0.25, -0.2) is 4.99 Å². The lowest BCUT2D eigenvalue weighted by atomic mass is 10.1. The molecule has 1 aromatic heterocycles. The van der Waals surface area contributed by atoms with E-state index in [1.807, 2.05) is 0 Å². The lowest BCUT2D eigenvalue weighted by molar-refractivity contribution is 0.114. The maximum Gasteiger partial charge on any atom is 0.279 e. The molecule has 0 radical (unpaired) electrons. The zero-order valence-corrected chi connectivity index (χ0v) is 14.1. The molecule has 116 valence electrons. The van der Waals surface area contributed by atoms with Crippen molar-refractivity contribution in [3.05, 3.63) is 56.4 Å². The van der Waals surface area contributed by atoms with Gasteiger partial charge in [0.2, 0.25) is 0 Å². The summed E-state index contributed by atoms with van der Waals surface area (Å²) in [6, 6.07) is 8.63. The Kier molecular flexibility index (Phi) is 3.49. The average molecular weight is 373 g/mol. The fourth-order valence-electron chi connectivity index (χ4n) is 2.38. The van der Waals surface area contributed by atoms with Crippen LogP contribution in [-0.4, -0.2) is 16.1 Å². The SMILES string of the molecule is CC1(C)N=C(n2cc(Br)cc(N)c2=O)c2cc(C#N)ccc2O1. The standard InChI is InChI=1S/C16H13BrN4O2/c1-16(2)20-14(21-8-10(17)6-12(19)15(21)22)11-5-9(7-18)3-4-13(11)23-16/h3-6,8H,19H2,1-2H3. The summed E-state index contributed by atoms with van der Waals surface area (Å²) in [7, 11) is 0. The molecular formula is C16H13BrN4O2. The summed E-state index contributed by atoms with van der Waals surface area (Å²) in [5, 5.41) is 9.11. The Morgan fingerprint density at radius 2 is 2.13 bits per heavy atom. The second-order valence-electron chi connectivity index (χ2n) is 5.60. The number of aromatic nitrogens is 1. The molecule has 0 saturated carbocycles. The summed E-state index contributed by atoms with van der Waals surface area (Å²) in [4.78, 5) is 16.9. The van der Waals surface area contributed by atoms with Crippen molar-refractivity contribution in [3.8, 4) is 11.8 Å². The number of nitriles is 1. The highest BCUT2D eigenvalue weighted by atomic mass is 79.9. The number of nitrogens with two attached hydrogens (primary N) is 1. The Morgan fingerprint density at radius 1 is 1.39 bits per heavy atom. The fraction of sp³-hybridized carbons (Fsp3) is 0.188. The van der Waals surface area contributed by atoms with Crippen LogP contribution in [0.1, 0.15) is 25.0 Å². The Hall–Kier alpha value is -2.59. The van der Waals surface area contributed by atoms with Crippen molar-refractivity contribution in [2.75, 3.05) is 5.73 Å². The van der Waals surface area contributed by atoms with E-state index in [1.54, 1.807) is 38.2 Å². The molecule has 0 aliphatic carbocycles. The van der Waals surface area contributed by atoms with Crippen LogP contribution >= 0.6 is 15.9 Å². The molecule has 1 aromatic carbocycles. The third-order valence-corrected chi connectivity index (χ3v) is 3.76. The monoisotopic (exact) mass is 372 g/mol. The number of nitrogens with zero attached hydrogens (tertiary/aromatic N) is 3. The van der Waals surface area contributed by atoms with E-state index < -0.39 is 5.72 Å². The molecule has 2 aromatic rings. The second kappa shape index (κ2) is 5.25. The van der Waals surface area contributed by atoms with E-state index in [0.717, 1.165) is 0 Å². The van der Waals surface area contributed by atoms with Gasteiger partial charge in [-0.1, -0.05) is 0 Å². The number of hydrogen-bond acceptors (Lipinski definition) is 5. The molecule has 7 heteroatoms. The predicted molar refractivity (Wildman–Crippen MR) is 90.6 cm³/mol. The van der Waals surface area contributed by atoms with Crippen molar-refractivity contribution in [2.24, 2.45) is 4.99 Å². The van der Waals surface area contributed by atoms with Gasteiger partial charge in [0, 0.05) is 10.7 Å². The zero-order valence-electron chi connectivity index (χ0n) is 12.5. The van der Waals surface area contributed by atoms with E-state index in [2.05, 4.69) is 27.0 Å². The number of fused-ring (bicyclic) bond motifs is 1. The molecule has 23 heavy (non-hydrogen) atoms. The summed E-state index contributed by atoms with van der Waals surface area (Å²) < 4.78 is 7.83. The number of anilines is 1. The molecule has 1 aliphatic heterocycles. The average Bonchev–Trinajstić information content (AvgIpc) is 2.49. The molecule has 6 nitrogen and oxygen atoms in total. The molecule has 0 fully saturated rings. The number of benzene rings is 1. The molecule has 0 atom stereocenters. The third-order valence-electron chi connectivity index (χ3n) is 3.32. The van der Waals surface area contributed by atoms with E-state index in [0.29, 0.717) is 27.2 Å². The van der Waals surface area contributed by atoms with E-state index >= 15 is 0 Å². The molecule has 0 unspecified atom stereocenters. The van der Waals surface area contributed by atoms with Gasteiger partial charge in [0.25, 0.3) is 5.56 Å². The van der Waals surface area contributed by atoms with Gasteiger partial charge < -0.3 is 10.5 Å². The van der Waals surface area contributed by atoms with E-state index in [-0.39, 0.29) is 11.2 Å². The van der Waals surface area contributed by atoms with Crippen LogP contribution in [0.5, 0.6) is 5.75 Å². The lowest BCUT2D eigenvalue weighted by Gasteiger charge is -2.30. The summed E-state index contributed by atoms with van der Waals surface area (Å²) in [6.45, 7) is 3.58. The smallest absolute Gasteiger partial charge is 0.279 e. The van der Waals surface area contributed by atoms with Crippen LogP contribution in [0.3, 0.4) is 0 Å². The number of hydrogen-bond donors (Lipinski definition) is 1. The maximum absolute atomic E-state index is 12.4. The van der Waals surface area contributed by atoms with Gasteiger partial charge in [0.1, 0.15) is 11.6 Å². The van der Waals surface area contributed by atoms with Crippen molar-refractivity contribution >= 4 is 27.5 Å². The fourth-order valence-corrected chi connectivity index (χ4v) is 2.83. The molecule has 0 saturated heterocycles. The maximum atomic E-state index is 12.4. The van der Waals surface area contributed by atoms with Crippen molar-refractivity contribution in [1.29, 1.82) is 5.26 Å². The molecule has 0 amide bonds. The van der Waals surface area contributed by atoms with Crippen LogP contribution in [0.2, 0.25) is 0 Å². The highest BCUT2D eigenvalue weighted by molar-refractivity contribution is 9.10. The van der Waals surface area contributed by atoms with Crippen molar-refractivity contribution in [1.82, 2.24) is 4.57 Å². The van der Waals surface area contributed by atoms with Crippen LogP contribution < -0.4 is 16.0 Å². The van der Waals surface area contributed by atoms with Crippen molar-refractivity contribution in [2.45, 2.75) is 19.6 Å². The number of pyridine rings is 1. The Morgan fingerprint density at radius 3 is 2.83 bits per heavy atom. The first kappa shape index (κ1) is 15.3. The van der Waals surface area contributed by atoms with Gasteiger partial charge >= 0.3 is 0 Å². The van der Waals surface area contributed by atoms with Gasteiger partial charge in [-0.3, -0.25) is 9.36 Å². The molecule has 1 aliphatic rings. The van der Waals surface area contributed by atoms with Gasteiger partial charge in [-0.15, -0.1) is 0 Å². The normalized spacial score (nSPS) is 15.1. The Balaban J connectivity index is 2.33. The Bertz CT molecular complexity index is 938. The van der Waals surface area contributed by atoms with Crippen LogP contribution in [0.4, 0.5) is 5.69 Å². The first-order valence-electron chi connectivity index (χ1n) is 6.82. The predicted octanol–water partition coefficient (Wildman–Crippen LogP) is 2.49. The molecule has 0 spiro atoms. The zero-order chi connectivity index (χ0) is 16.8. The summed E-state index contributed by atoms with van der Waals surface area (Å²) >= 11 is 3.33. The molecule has 0 bridgehead atoms. The van der Waals surface area contributed by atoms with Crippen molar-refractivity contribution < 1.29 is 4.74 Å². The molecule has 3 rings (SSSR count). The number of rotatable bonds is 0. The minimum Gasteiger partial charge on any atom is -0.466 e. The molecule has 2 N–H and O–H groups in total. The quantitative estimate of drug-likeness (QED) is 0.768. The van der Waals surface area contributed by atoms with Crippen LogP contribution in [-0.2, 0) is 0 Å². The largest absolute Gasteiger partial charge is 0.466 e. The van der Waals surface area contributed by atoms with Gasteiger partial charge in [0.15, 0.2) is 5.72 Å². The van der Waals surface area contributed by atoms with Crippen LogP contribution in [0.25, 0.3) is 0 Å². The minimum absolute atomic E-state index is 0.101. The topological polar surface area (TPSA) is 93.4 Å². The number of ether oxygens (including phenoxy) is 1. The highest BCUT2D eigenvalue weighted by Gasteiger charge is 2.30. The molecular weight excluding hydrogens is 360 g/mol.